The van der Waals surface area contributed by atoms with E-state index in [1.807, 2.05) is 24.3 Å². The number of hydrogen-bond acceptors (Lipinski definition) is 16. The van der Waals surface area contributed by atoms with E-state index in [0.29, 0.717) is 11.1 Å². The Kier molecular flexibility index (Phi) is 9.33. The van der Waals surface area contributed by atoms with Gasteiger partial charge < -0.3 is 51.6 Å². The van der Waals surface area contributed by atoms with Gasteiger partial charge in [0, 0.05) is 11.1 Å². The maximum absolute atomic E-state index is 12.6. The first-order valence-corrected chi connectivity index (χ1v) is 17.0. The molecule has 0 aliphatic carbocycles. The molecular formula is C36H32N10O10. The fraction of sp³-hybridized carbons (Fsp3) is 0.278. The van der Waals surface area contributed by atoms with Crippen molar-refractivity contribution in [1.82, 2.24) is 39.0 Å². The van der Waals surface area contributed by atoms with Crippen LogP contribution in [0.4, 0.5) is 11.9 Å². The first kappa shape index (κ1) is 36.5. The number of aromatic nitrogens is 8. The van der Waals surface area contributed by atoms with Crippen molar-refractivity contribution in [3.05, 3.63) is 92.0 Å². The zero-order valence-electron chi connectivity index (χ0n) is 28.8. The van der Waals surface area contributed by atoms with Crippen molar-refractivity contribution >= 4 is 34.2 Å². The minimum absolute atomic E-state index is 0.000805. The molecule has 6 heterocycles. The van der Waals surface area contributed by atoms with Gasteiger partial charge in [0.15, 0.2) is 46.4 Å². The second-order valence-electron chi connectivity index (χ2n) is 13.0. The Labute approximate surface area is 313 Å². The predicted octanol–water partition coefficient (Wildman–Crippen LogP) is -2.59. The quantitative estimate of drug-likeness (QED) is 0.0805. The number of fused-ring (bicyclic) bond motifs is 2. The van der Waals surface area contributed by atoms with Gasteiger partial charge in [0.1, 0.15) is 36.6 Å². The van der Waals surface area contributed by atoms with Gasteiger partial charge in [0.2, 0.25) is 11.9 Å². The molecule has 8 rings (SSSR count). The molecular weight excluding hydrogens is 732 g/mol. The number of nitrogen functional groups attached to an aromatic ring is 2. The summed E-state index contributed by atoms with van der Waals surface area (Å²) < 4.78 is 13.9. The summed E-state index contributed by atoms with van der Waals surface area (Å²) in [6, 6.07) is 14.4. The topological polar surface area (TPSA) is 319 Å². The van der Waals surface area contributed by atoms with Crippen molar-refractivity contribution in [3.63, 3.8) is 0 Å². The van der Waals surface area contributed by atoms with Gasteiger partial charge in [-0.05, 0) is 47.2 Å². The monoisotopic (exact) mass is 764 g/mol. The average molecular weight is 765 g/mol. The maximum Gasteiger partial charge on any atom is 0.280 e. The third-order valence-electron chi connectivity index (χ3n) is 9.42. The summed E-state index contributed by atoms with van der Waals surface area (Å²) in [6.45, 7) is -1.13. The maximum atomic E-state index is 12.6. The number of aromatic amines is 2. The van der Waals surface area contributed by atoms with Crippen LogP contribution in [0, 0.1) is 23.7 Å². The molecule has 286 valence electrons. The minimum Gasteiger partial charge on any atom is -0.394 e. The molecule has 8 atom stereocenters. The number of H-pyrrole nitrogens is 2. The van der Waals surface area contributed by atoms with E-state index in [1.165, 1.54) is 9.13 Å². The molecule has 20 heteroatoms. The number of hydrogen-bond donors (Lipinski definition) is 10. The summed E-state index contributed by atoms with van der Waals surface area (Å²) >= 11 is 0. The molecule has 0 radical (unpaired) electrons. The second kappa shape index (κ2) is 14.3. The van der Waals surface area contributed by atoms with E-state index >= 15 is 0 Å². The molecule has 2 saturated heterocycles. The van der Waals surface area contributed by atoms with E-state index < -0.39 is 73.4 Å². The van der Waals surface area contributed by atoms with Crippen molar-refractivity contribution in [2.75, 3.05) is 24.7 Å². The Hall–Kier alpha value is -6.46. The van der Waals surface area contributed by atoms with Crippen LogP contribution < -0.4 is 22.6 Å². The van der Waals surface area contributed by atoms with E-state index in [2.05, 4.69) is 53.6 Å². The van der Waals surface area contributed by atoms with Crippen LogP contribution >= 0.6 is 0 Å². The fourth-order valence-corrected chi connectivity index (χ4v) is 6.59. The predicted molar refractivity (Wildman–Crippen MR) is 195 cm³/mol. The SMILES string of the molecule is Nc1nc2c(nc(C#Cc3ccc(-c4ccc(C#Cc5nc6c(=O)[nH]c(N)nc6n5[C@@H]5O[C@H](CO)[C@@H](O)[C@H]5O)cc4)cc3)n2[C@@H]2O[C@H](CO)[C@@H](O)[C@H]2O)c(=O)[nH]1. The number of anilines is 2. The summed E-state index contributed by atoms with van der Waals surface area (Å²) in [5.74, 6) is 11.3. The number of aliphatic hydroxyl groups excluding tert-OH is 6. The van der Waals surface area contributed by atoms with Crippen molar-refractivity contribution < 1.29 is 40.1 Å². The highest BCUT2D eigenvalue weighted by Crippen LogP contribution is 2.34. The first-order valence-electron chi connectivity index (χ1n) is 17.0. The molecule has 2 aromatic carbocycles. The fourth-order valence-electron chi connectivity index (χ4n) is 6.59. The lowest BCUT2D eigenvalue weighted by molar-refractivity contribution is -0.0514. The standard InChI is InChI=1S/C36H32N10O10/c37-35-41-29-23(31(53)43-35)39-21(45(29)33-27(51)25(49)19(13-47)55-33)11-5-15-1-7-17(8-2-15)18-9-3-16(4-10-18)6-12-22-40-24-30(42-36(38)44-32(24)54)46(22)34-28(52)26(50)20(14-48)56-34/h1-4,7-10,19-20,25-28,33-34,47-52H,13-14H2,(H3,37,41,43,53)(H3,38,42,44,54)/t19-,20-,25-,26-,27-,28-,33-,34-/m1/s1. The number of nitrogens with zero attached hydrogens (tertiary/aromatic N) is 6. The summed E-state index contributed by atoms with van der Waals surface area (Å²) in [5, 5.41) is 61.4. The zero-order chi connectivity index (χ0) is 39.4. The summed E-state index contributed by atoms with van der Waals surface area (Å²) in [4.78, 5) is 46.9. The molecule has 56 heavy (non-hydrogen) atoms. The highest BCUT2D eigenvalue weighted by atomic mass is 16.6. The van der Waals surface area contributed by atoms with Gasteiger partial charge in [0.05, 0.1) is 13.2 Å². The van der Waals surface area contributed by atoms with Crippen LogP contribution in [0.5, 0.6) is 0 Å². The van der Waals surface area contributed by atoms with E-state index in [9.17, 15) is 40.2 Å². The molecule has 0 amide bonds. The second-order valence-corrected chi connectivity index (χ2v) is 13.0. The Morgan fingerprint density at radius 2 is 0.964 bits per heavy atom. The molecule has 4 aromatic heterocycles. The minimum atomic E-state index is -1.49. The molecule has 2 aliphatic heterocycles. The Balaban J connectivity index is 1.05. The van der Waals surface area contributed by atoms with Gasteiger partial charge in [-0.25, -0.2) is 9.97 Å². The number of nitrogens with one attached hydrogen (secondary N) is 2. The van der Waals surface area contributed by atoms with Crippen LogP contribution in [0.3, 0.4) is 0 Å². The first-order chi connectivity index (χ1) is 26.9. The van der Waals surface area contributed by atoms with Gasteiger partial charge in [-0.15, -0.1) is 0 Å². The van der Waals surface area contributed by atoms with Gasteiger partial charge in [-0.2, -0.15) is 9.97 Å². The van der Waals surface area contributed by atoms with Gasteiger partial charge >= 0.3 is 0 Å². The van der Waals surface area contributed by atoms with Crippen LogP contribution in [0.1, 0.15) is 35.2 Å². The lowest BCUT2D eigenvalue weighted by atomic mass is 10.0. The lowest BCUT2D eigenvalue weighted by Gasteiger charge is -2.17. The molecule has 2 fully saturated rings. The molecule has 0 bridgehead atoms. The molecule has 12 N–H and O–H groups in total. The van der Waals surface area contributed by atoms with E-state index in [-0.39, 0.29) is 45.9 Å². The number of nitrogens with two attached hydrogens (primary N) is 2. The Bertz CT molecular complexity index is 2530. The van der Waals surface area contributed by atoms with Crippen molar-refractivity contribution in [1.29, 1.82) is 0 Å². The zero-order valence-corrected chi connectivity index (χ0v) is 28.8. The van der Waals surface area contributed by atoms with Gasteiger partial charge in [-0.1, -0.05) is 36.1 Å². The number of imidazole rings is 2. The normalized spacial score (nSPS) is 24.6. The number of rotatable bonds is 5. The van der Waals surface area contributed by atoms with E-state index in [0.717, 1.165) is 11.1 Å². The molecule has 0 unspecified atom stereocenters. The average Bonchev–Trinajstić information content (AvgIpc) is 3.90. The molecule has 0 spiro atoms. The van der Waals surface area contributed by atoms with Crippen LogP contribution in [-0.2, 0) is 9.47 Å². The molecule has 20 nitrogen and oxygen atoms in total. The van der Waals surface area contributed by atoms with E-state index in [4.69, 9.17) is 20.9 Å². The van der Waals surface area contributed by atoms with E-state index in [1.54, 1.807) is 24.3 Å². The third kappa shape index (κ3) is 6.33. The van der Waals surface area contributed by atoms with Gasteiger partial charge in [-0.3, -0.25) is 28.7 Å². The van der Waals surface area contributed by atoms with Crippen LogP contribution in [0.15, 0.2) is 58.1 Å². The van der Waals surface area contributed by atoms with Crippen LogP contribution in [0.2, 0.25) is 0 Å². The van der Waals surface area contributed by atoms with Crippen LogP contribution in [-0.4, -0.2) is 120 Å². The number of ether oxygens (including phenoxy) is 2. The number of aliphatic hydroxyl groups is 6. The molecule has 6 aromatic rings. The number of benzene rings is 2. The Morgan fingerprint density at radius 1 is 0.589 bits per heavy atom. The summed E-state index contributed by atoms with van der Waals surface area (Å²) in [5.41, 5.74) is 12.8. The van der Waals surface area contributed by atoms with Crippen LogP contribution in [0.25, 0.3) is 33.5 Å². The van der Waals surface area contributed by atoms with Crippen molar-refractivity contribution in [2.45, 2.75) is 49.1 Å². The largest absolute Gasteiger partial charge is 0.394 e. The summed E-state index contributed by atoms with van der Waals surface area (Å²) in [7, 11) is 0. The Morgan fingerprint density at radius 3 is 1.30 bits per heavy atom. The van der Waals surface area contributed by atoms with Crippen molar-refractivity contribution in [2.24, 2.45) is 0 Å². The smallest absolute Gasteiger partial charge is 0.280 e. The molecule has 0 saturated carbocycles. The van der Waals surface area contributed by atoms with Gasteiger partial charge in [0.25, 0.3) is 11.1 Å². The summed E-state index contributed by atoms with van der Waals surface area (Å²) in [6.07, 6.45) is -10.6. The highest BCUT2D eigenvalue weighted by molar-refractivity contribution is 5.74. The highest BCUT2D eigenvalue weighted by Gasteiger charge is 2.46. The van der Waals surface area contributed by atoms with Crippen molar-refractivity contribution in [3.8, 4) is 34.8 Å². The molecule has 2 aliphatic rings. The lowest BCUT2D eigenvalue weighted by Crippen LogP contribution is -2.33. The third-order valence-corrected chi connectivity index (χ3v) is 9.42.